The smallest absolute Gasteiger partial charge is 0.223 e. The van der Waals surface area contributed by atoms with Gasteiger partial charge in [0.1, 0.15) is 0 Å². The van der Waals surface area contributed by atoms with Crippen LogP contribution in [-0.2, 0) is 11.8 Å². The van der Waals surface area contributed by atoms with Gasteiger partial charge in [-0.3, -0.25) is 9.48 Å². The third-order valence-electron chi connectivity index (χ3n) is 3.05. The Hall–Kier alpha value is -1.32. The number of nitrogens with zero attached hydrogens (tertiary/aromatic N) is 2. The topological polar surface area (TPSA) is 46.9 Å². The number of nitrogens with one attached hydrogen (secondary N) is 1. The fraction of sp³-hybridized carbons (Fsp3) is 0.636. The van der Waals surface area contributed by atoms with Crippen LogP contribution < -0.4 is 5.32 Å². The van der Waals surface area contributed by atoms with Crippen LogP contribution in [0.4, 0.5) is 0 Å². The summed E-state index contributed by atoms with van der Waals surface area (Å²) in [6, 6.07) is 0.0619. The molecule has 0 aliphatic heterocycles. The standard InChI is InChI=1S/C11H17N3O/c1-7(13-11(15)9-4-5-9)10-6-12-14(3)8(10)2/h6-7,9H,4-5H2,1-3H3,(H,13,15). The van der Waals surface area contributed by atoms with Gasteiger partial charge in [0.05, 0.1) is 12.2 Å². The van der Waals surface area contributed by atoms with Crippen molar-refractivity contribution in [2.45, 2.75) is 32.7 Å². The maximum atomic E-state index is 11.6. The van der Waals surface area contributed by atoms with E-state index in [0.29, 0.717) is 0 Å². The summed E-state index contributed by atoms with van der Waals surface area (Å²) in [4.78, 5) is 11.6. The molecule has 15 heavy (non-hydrogen) atoms. The Morgan fingerprint density at radius 1 is 1.67 bits per heavy atom. The summed E-state index contributed by atoms with van der Waals surface area (Å²) in [5, 5.41) is 7.19. The van der Waals surface area contributed by atoms with Crippen LogP contribution in [0.5, 0.6) is 0 Å². The molecule has 1 aliphatic rings. The van der Waals surface area contributed by atoms with Crippen LogP contribution in [0.15, 0.2) is 6.20 Å². The molecule has 1 atom stereocenters. The predicted octanol–water partition coefficient (Wildman–Crippen LogP) is 1.32. The van der Waals surface area contributed by atoms with Gasteiger partial charge in [0, 0.05) is 24.2 Å². The number of aryl methyl sites for hydroxylation is 1. The third-order valence-corrected chi connectivity index (χ3v) is 3.05. The molecule has 1 N–H and O–H groups in total. The molecule has 1 aliphatic carbocycles. The zero-order valence-electron chi connectivity index (χ0n) is 9.45. The first-order valence-corrected chi connectivity index (χ1v) is 5.38. The third kappa shape index (κ3) is 2.03. The summed E-state index contributed by atoms with van der Waals surface area (Å²) >= 11 is 0. The van der Waals surface area contributed by atoms with Crippen LogP contribution in [0.3, 0.4) is 0 Å². The van der Waals surface area contributed by atoms with Crippen molar-refractivity contribution in [3.63, 3.8) is 0 Å². The summed E-state index contributed by atoms with van der Waals surface area (Å²) in [6.07, 6.45) is 3.92. The Morgan fingerprint density at radius 2 is 2.33 bits per heavy atom. The van der Waals surface area contributed by atoms with Gasteiger partial charge in [-0.25, -0.2) is 0 Å². The molecule has 1 saturated carbocycles. The van der Waals surface area contributed by atoms with E-state index in [0.717, 1.165) is 24.1 Å². The van der Waals surface area contributed by atoms with Gasteiger partial charge in [0.2, 0.25) is 5.91 Å². The number of amides is 1. The van der Waals surface area contributed by atoms with Crippen molar-refractivity contribution in [2.75, 3.05) is 0 Å². The van der Waals surface area contributed by atoms with E-state index in [4.69, 9.17) is 0 Å². The molecular weight excluding hydrogens is 190 g/mol. The van der Waals surface area contributed by atoms with E-state index < -0.39 is 0 Å². The van der Waals surface area contributed by atoms with Gasteiger partial charge in [0.25, 0.3) is 0 Å². The molecule has 0 saturated heterocycles. The van der Waals surface area contributed by atoms with Gasteiger partial charge in [0.15, 0.2) is 0 Å². The summed E-state index contributed by atoms with van der Waals surface area (Å²) in [5.74, 6) is 0.454. The SMILES string of the molecule is Cc1c(C(C)NC(=O)C2CC2)cnn1C. The van der Waals surface area contributed by atoms with E-state index in [-0.39, 0.29) is 17.9 Å². The average molecular weight is 207 g/mol. The van der Waals surface area contributed by atoms with Crippen molar-refractivity contribution in [1.29, 1.82) is 0 Å². The summed E-state index contributed by atoms with van der Waals surface area (Å²) in [7, 11) is 1.91. The number of aromatic nitrogens is 2. The van der Waals surface area contributed by atoms with Gasteiger partial charge in [-0.05, 0) is 26.7 Å². The van der Waals surface area contributed by atoms with E-state index in [1.165, 1.54) is 0 Å². The number of rotatable bonds is 3. The number of carbonyl (C=O) groups is 1. The first-order valence-electron chi connectivity index (χ1n) is 5.38. The minimum absolute atomic E-state index is 0.0619. The summed E-state index contributed by atoms with van der Waals surface area (Å²) in [5.41, 5.74) is 2.21. The highest BCUT2D eigenvalue weighted by Crippen LogP contribution is 2.30. The first-order chi connectivity index (χ1) is 7.09. The molecule has 1 aromatic rings. The number of carbonyl (C=O) groups excluding carboxylic acids is 1. The minimum atomic E-state index is 0.0619. The van der Waals surface area contributed by atoms with Crippen molar-refractivity contribution in [1.82, 2.24) is 15.1 Å². The monoisotopic (exact) mass is 207 g/mol. The maximum Gasteiger partial charge on any atom is 0.223 e. The highest BCUT2D eigenvalue weighted by molar-refractivity contribution is 5.81. The quantitative estimate of drug-likeness (QED) is 0.812. The lowest BCUT2D eigenvalue weighted by molar-refractivity contribution is -0.122. The molecule has 4 heteroatoms. The van der Waals surface area contributed by atoms with Gasteiger partial charge in [-0.1, -0.05) is 0 Å². The second kappa shape index (κ2) is 3.68. The van der Waals surface area contributed by atoms with E-state index in [2.05, 4.69) is 10.4 Å². The molecule has 4 nitrogen and oxygen atoms in total. The van der Waals surface area contributed by atoms with Crippen LogP contribution in [0.2, 0.25) is 0 Å². The predicted molar refractivity (Wildman–Crippen MR) is 57.2 cm³/mol. The Morgan fingerprint density at radius 3 is 2.80 bits per heavy atom. The van der Waals surface area contributed by atoms with Gasteiger partial charge in [-0.2, -0.15) is 5.10 Å². The second-order valence-corrected chi connectivity index (χ2v) is 4.31. The van der Waals surface area contributed by atoms with Gasteiger partial charge >= 0.3 is 0 Å². The minimum Gasteiger partial charge on any atom is -0.349 e. The lowest BCUT2D eigenvalue weighted by Crippen LogP contribution is -2.28. The molecule has 1 amide bonds. The molecule has 82 valence electrons. The molecule has 1 unspecified atom stereocenters. The molecule has 1 aromatic heterocycles. The van der Waals surface area contributed by atoms with Crippen molar-refractivity contribution >= 4 is 5.91 Å². The second-order valence-electron chi connectivity index (χ2n) is 4.31. The van der Waals surface area contributed by atoms with E-state index in [1.807, 2.05) is 31.8 Å². The molecule has 0 spiro atoms. The first kappa shape index (κ1) is 10.2. The summed E-state index contributed by atoms with van der Waals surface area (Å²) < 4.78 is 1.83. The molecule has 0 aromatic carbocycles. The Balaban J connectivity index is 2.03. The lowest BCUT2D eigenvalue weighted by atomic mass is 10.1. The average Bonchev–Trinajstić information content (AvgIpc) is 2.96. The lowest BCUT2D eigenvalue weighted by Gasteiger charge is -2.13. The van der Waals surface area contributed by atoms with Crippen molar-refractivity contribution in [2.24, 2.45) is 13.0 Å². The van der Waals surface area contributed by atoms with E-state index >= 15 is 0 Å². The van der Waals surface area contributed by atoms with Crippen molar-refractivity contribution in [3.05, 3.63) is 17.5 Å². The van der Waals surface area contributed by atoms with Crippen LogP contribution in [0.25, 0.3) is 0 Å². The van der Waals surface area contributed by atoms with Crippen LogP contribution in [0.1, 0.15) is 37.1 Å². The normalized spacial score (nSPS) is 17.5. The Labute approximate surface area is 89.7 Å². The fourth-order valence-corrected chi connectivity index (χ4v) is 1.70. The number of hydrogen-bond acceptors (Lipinski definition) is 2. The zero-order chi connectivity index (χ0) is 11.0. The molecule has 0 bridgehead atoms. The van der Waals surface area contributed by atoms with Gasteiger partial charge < -0.3 is 5.32 Å². The number of hydrogen-bond donors (Lipinski definition) is 1. The maximum absolute atomic E-state index is 11.6. The van der Waals surface area contributed by atoms with Crippen LogP contribution >= 0.6 is 0 Å². The highest BCUT2D eigenvalue weighted by atomic mass is 16.2. The van der Waals surface area contributed by atoms with Crippen molar-refractivity contribution < 1.29 is 4.79 Å². The van der Waals surface area contributed by atoms with E-state index in [1.54, 1.807) is 0 Å². The highest BCUT2D eigenvalue weighted by Gasteiger charge is 2.30. The molecule has 0 radical (unpaired) electrons. The molecule has 1 heterocycles. The van der Waals surface area contributed by atoms with Gasteiger partial charge in [-0.15, -0.1) is 0 Å². The molecule has 1 fully saturated rings. The van der Waals surface area contributed by atoms with E-state index in [9.17, 15) is 4.79 Å². The Kier molecular flexibility index (Phi) is 2.50. The largest absolute Gasteiger partial charge is 0.349 e. The zero-order valence-corrected chi connectivity index (χ0v) is 9.45. The summed E-state index contributed by atoms with van der Waals surface area (Å²) in [6.45, 7) is 4.02. The van der Waals surface area contributed by atoms with Crippen LogP contribution in [0, 0.1) is 12.8 Å². The van der Waals surface area contributed by atoms with Crippen molar-refractivity contribution in [3.8, 4) is 0 Å². The fourth-order valence-electron chi connectivity index (χ4n) is 1.70. The van der Waals surface area contributed by atoms with Crippen LogP contribution in [-0.4, -0.2) is 15.7 Å². The molecule has 2 rings (SSSR count). The Bertz CT molecular complexity index is 379. The molecular formula is C11H17N3O.